The summed E-state index contributed by atoms with van der Waals surface area (Å²) in [7, 11) is 4.36. The fourth-order valence-corrected chi connectivity index (χ4v) is 2.76. The molecule has 0 unspecified atom stereocenters. The molecule has 112 valence electrons. The second kappa shape index (κ2) is 7.60. The van der Waals surface area contributed by atoms with Gasteiger partial charge in [-0.3, -0.25) is 0 Å². The van der Waals surface area contributed by atoms with Gasteiger partial charge >= 0.3 is 0 Å². The van der Waals surface area contributed by atoms with Gasteiger partial charge in [0.2, 0.25) is 0 Å². The molecule has 1 aromatic heterocycles. The molecule has 1 aromatic rings. The van der Waals surface area contributed by atoms with Crippen molar-refractivity contribution in [1.82, 2.24) is 15.2 Å². The Morgan fingerprint density at radius 1 is 1.35 bits per heavy atom. The molecule has 1 aliphatic heterocycles. The van der Waals surface area contributed by atoms with Crippen LogP contribution in [-0.2, 0) is 6.54 Å². The van der Waals surface area contributed by atoms with E-state index >= 15 is 0 Å². The predicted octanol–water partition coefficient (Wildman–Crippen LogP) is 2.11. The van der Waals surface area contributed by atoms with Crippen molar-refractivity contribution in [1.29, 1.82) is 0 Å². The van der Waals surface area contributed by atoms with Crippen molar-refractivity contribution in [2.75, 3.05) is 38.6 Å². The lowest BCUT2D eigenvalue weighted by atomic mass is 10.0. The van der Waals surface area contributed by atoms with Gasteiger partial charge in [-0.15, -0.1) is 0 Å². The van der Waals surface area contributed by atoms with Gasteiger partial charge < -0.3 is 15.1 Å². The SMILES string of the molecule is CCCNCc1ccnc(N2CCC(N(C)C)CC2)c1. The fraction of sp³-hybridized carbons (Fsp3) is 0.688. The highest BCUT2D eigenvalue weighted by atomic mass is 15.2. The highest BCUT2D eigenvalue weighted by Crippen LogP contribution is 2.20. The smallest absolute Gasteiger partial charge is 0.128 e. The third-order valence-corrected chi connectivity index (χ3v) is 4.08. The van der Waals surface area contributed by atoms with Crippen molar-refractivity contribution in [2.45, 2.75) is 38.8 Å². The van der Waals surface area contributed by atoms with Crippen LogP contribution in [0, 0.1) is 0 Å². The van der Waals surface area contributed by atoms with Crippen molar-refractivity contribution < 1.29 is 0 Å². The van der Waals surface area contributed by atoms with Crippen LogP contribution in [0.15, 0.2) is 18.3 Å². The number of aromatic nitrogens is 1. The first kappa shape index (κ1) is 15.3. The van der Waals surface area contributed by atoms with Crippen LogP contribution in [0.3, 0.4) is 0 Å². The Labute approximate surface area is 123 Å². The molecule has 0 atom stereocenters. The minimum atomic E-state index is 0.723. The third-order valence-electron chi connectivity index (χ3n) is 4.08. The van der Waals surface area contributed by atoms with Crippen LogP contribution >= 0.6 is 0 Å². The number of hydrogen-bond acceptors (Lipinski definition) is 4. The van der Waals surface area contributed by atoms with Gasteiger partial charge in [-0.1, -0.05) is 6.92 Å². The first-order valence-electron chi connectivity index (χ1n) is 7.77. The van der Waals surface area contributed by atoms with E-state index in [4.69, 9.17) is 0 Å². The molecule has 0 spiro atoms. The molecule has 0 bridgehead atoms. The van der Waals surface area contributed by atoms with E-state index in [1.165, 1.54) is 24.8 Å². The number of pyridine rings is 1. The standard InChI is InChI=1S/C16H28N4/c1-4-8-17-13-14-5-9-18-16(12-14)20-10-6-15(7-11-20)19(2)3/h5,9,12,15,17H,4,6-8,10-11,13H2,1-3H3. The van der Waals surface area contributed by atoms with Gasteiger partial charge in [0.25, 0.3) is 0 Å². The molecule has 4 heteroatoms. The lowest BCUT2D eigenvalue weighted by Gasteiger charge is -2.35. The first-order chi connectivity index (χ1) is 9.70. The zero-order valence-electron chi connectivity index (χ0n) is 13.1. The maximum Gasteiger partial charge on any atom is 0.128 e. The van der Waals surface area contributed by atoms with Gasteiger partial charge in [-0.2, -0.15) is 0 Å². The molecular formula is C16H28N4. The Kier molecular flexibility index (Phi) is 5.80. The molecule has 1 N–H and O–H groups in total. The maximum absolute atomic E-state index is 4.55. The summed E-state index contributed by atoms with van der Waals surface area (Å²) in [6.45, 7) is 6.44. The van der Waals surface area contributed by atoms with E-state index in [9.17, 15) is 0 Å². The summed E-state index contributed by atoms with van der Waals surface area (Å²) in [4.78, 5) is 9.31. The second-order valence-electron chi connectivity index (χ2n) is 5.88. The van der Waals surface area contributed by atoms with Crippen molar-refractivity contribution in [3.8, 4) is 0 Å². The molecule has 20 heavy (non-hydrogen) atoms. The lowest BCUT2D eigenvalue weighted by Crippen LogP contribution is -2.42. The van der Waals surface area contributed by atoms with Gasteiger partial charge in [-0.05, 0) is 57.6 Å². The van der Waals surface area contributed by atoms with Gasteiger partial charge in [-0.25, -0.2) is 4.98 Å². The number of piperidine rings is 1. The molecule has 0 aromatic carbocycles. The highest BCUT2D eigenvalue weighted by molar-refractivity contribution is 5.41. The van der Waals surface area contributed by atoms with Gasteiger partial charge in [0.05, 0.1) is 0 Å². The molecule has 1 fully saturated rings. The van der Waals surface area contributed by atoms with E-state index in [-0.39, 0.29) is 0 Å². The van der Waals surface area contributed by atoms with E-state index < -0.39 is 0 Å². The molecule has 0 saturated carbocycles. The summed E-state index contributed by atoms with van der Waals surface area (Å²) in [6, 6.07) is 5.07. The van der Waals surface area contributed by atoms with E-state index in [0.717, 1.165) is 38.0 Å². The Hall–Kier alpha value is -1.13. The normalized spacial score (nSPS) is 16.9. The van der Waals surface area contributed by atoms with Gasteiger partial charge in [0.1, 0.15) is 5.82 Å². The lowest BCUT2D eigenvalue weighted by molar-refractivity contribution is 0.249. The zero-order valence-corrected chi connectivity index (χ0v) is 13.1. The van der Waals surface area contributed by atoms with Crippen LogP contribution in [0.5, 0.6) is 0 Å². The second-order valence-corrected chi connectivity index (χ2v) is 5.88. The summed E-state index contributed by atoms with van der Waals surface area (Å²) in [5.74, 6) is 1.14. The zero-order chi connectivity index (χ0) is 14.4. The summed E-state index contributed by atoms with van der Waals surface area (Å²) >= 11 is 0. The minimum Gasteiger partial charge on any atom is -0.356 e. The van der Waals surface area contributed by atoms with Crippen LogP contribution in [0.1, 0.15) is 31.7 Å². The monoisotopic (exact) mass is 276 g/mol. The van der Waals surface area contributed by atoms with Crippen molar-refractivity contribution in [3.63, 3.8) is 0 Å². The fourth-order valence-electron chi connectivity index (χ4n) is 2.76. The van der Waals surface area contributed by atoms with Crippen LogP contribution in [0.4, 0.5) is 5.82 Å². The number of hydrogen-bond donors (Lipinski definition) is 1. The molecule has 4 nitrogen and oxygen atoms in total. The average molecular weight is 276 g/mol. The molecule has 2 rings (SSSR count). The Morgan fingerprint density at radius 3 is 2.75 bits per heavy atom. The van der Waals surface area contributed by atoms with Gasteiger partial charge in [0, 0.05) is 31.9 Å². The molecule has 1 saturated heterocycles. The molecule has 0 radical (unpaired) electrons. The van der Waals surface area contributed by atoms with Crippen molar-refractivity contribution in [3.05, 3.63) is 23.9 Å². The number of nitrogens with zero attached hydrogens (tertiary/aromatic N) is 3. The Bertz CT molecular complexity index is 397. The summed E-state index contributed by atoms with van der Waals surface area (Å²) < 4.78 is 0. The van der Waals surface area contributed by atoms with Crippen molar-refractivity contribution in [2.24, 2.45) is 0 Å². The van der Waals surface area contributed by atoms with Crippen LogP contribution in [0.25, 0.3) is 0 Å². The Morgan fingerprint density at radius 2 is 2.10 bits per heavy atom. The Balaban J connectivity index is 1.91. The van der Waals surface area contributed by atoms with Crippen LogP contribution in [0.2, 0.25) is 0 Å². The minimum absolute atomic E-state index is 0.723. The summed E-state index contributed by atoms with van der Waals surface area (Å²) in [5.41, 5.74) is 1.33. The molecule has 1 aliphatic rings. The van der Waals surface area contributed by atoms with Crippen LogP contribution < -0.4 is 10.2 Å². The van der Waals surface area contributed by atoms with E-state index in [1.807, 2.05) is 6.20 Å². The largest absolute Gasteiger partial charge is 0.356 e. The van der Waals surface area contributed by atoms with Crippen molar-refractivity contribution >= 4 is 5.82 Å². The average Bonchev–Trinajstić information content (AvgIpc) is 2.48. The topological polar surface area (TPSA) is 31.4 Å². The van der Waals surface area contributed by atoms with E-state index in [0.29, 0.717) is 0 Å². The highest BCUT2D eigenvalue weighted by Gasteiger charge is 2.21. The quantitative estimate of drug-likeness (QED) is 0.806. The van der Waals surface area contributed by atoms with Crippen LogP contribution in [-0.4, -0.2) is 49.7 Å². The summed E-state index contributed by atoms with van der Waals surface area (Å²) in [6.07, 6.45) is 5.58. The van der Waals surface area contributed by atoms with E-state index in [2.05, 4.69) is 53.3 Å². The predicted molar refractivity (Wildman–Crippen MR) is 85.2 cm³/mol. The third kappa shape index (κ3) is 4.18. The molecule has 2 heterocycles. The number of rotatable bonds is 6. The molecule has 0 aliphatic carbocycles. The first-order valence-corrected chi connectivity index (χ1v) is 7.77. The number of anilines is 1. The maximum atomic E-state index is 4.55. The molecule has 0 amide bonds. The molecular weight excluding hydrogens is 248 g/mol. The number of nitrogens with one attached hydrogen (secondary N) is 1. The summed E-state index contributed by atoms with van der Waals surface area (Å²) in [5, 5.41) is 3.45. The van der Waals surface area contributed by atoms with E-state index in [1.54, 1.807) is 0 Å². The van der Waals surface area contributed by atoms with Gasteiger partial charge in [0.15, 0.2) is 0 Å².